The molecule has 0 fully saturated rings. The molecular formula is C27H25ClFN7O2S. The van der Waals surface area contributed by atoms with Crippen LogP contribution in [0.3, 0.4) is 0 Å². The van der Waals surface area contributed by atoms with Crippen LogP contribution in [0.15, 0.2) is 72.9 Å². The molecule has 0 bridgehead atoms. The number of nitrogens with one attached hydrogen (secondary N) is 2. The molecule has 0 unspecified atom stereocenters. The summed E-state index contributed by atoms with van der Waals surface area (Å²) in [6.45, 7) is 0. The van der Waals surface area contributed by atoms with Crippen molar-refractivity contribution in [1.82, 2.24) is 19.5 Å². The summed E-state index contributed by atoms with van der Waals surface area (Å²) in [6, 6.07) is 19.1. The molecule has 5 aromatic rings. The van der Waals surface area contributed by atoms with E-state index in [0.29, 0.717) is 28.3 Å². The van der Waals surface area contributed by atoms with Crippen molar-refractivity contribution in [1.29, 1.82) is 0 Å². The van der Waals surface area contributed by atoms with E-state index in [2.05, 4.69) is 25.6 Å². The zero-order valence-electron chi connectivity index (χ0n) is 21.4. The van der Waals surface area contributed by atoms with Crippen LogP contribution in [-0.4, -0.2) is 41.2 Å². The maximum absolute atomic E-state index is 14.3. The molecule has 0 saturated carbocycles. The van der Waals surface area contributed by atoms with Crippen LogP contribution in [0.5, 0.6) is 0 Å². The van der Waals surface area contributed by atoms with E-state index in [1.54, 1.807) is 48.7 Å². The summed E-state index contributed by atoms with van der Waals surface area (Å²) >= 11 is 5.86. The van der Waals surface area contributed by atoms with Crippen molar-refractivity contribution in [3.63, 3.8) is 0 Å². The van der Waals surface area contributed by atoms with Crippen molar-refractivity contribution >= 4 is 67.2 Å². The highest BCUT2D eigenvalue weighted by Gasteiger charge is 2.14. The number of anilines is 6. The molecule has 0 aliphatic rings. The van der Waals surface area contributed by atoms with Crippen LogP contribution in [0.25, 0.3) is 11.0 Å². The topological polar surface area (TPSA) is 105 Å². The summed E-state index contributed by atoms with van der Waals surface area (Å²) in [6.07, 6.45) is 2.86. The van der Waals surface area contributed by atoms with E-state index in [9.17, 15) is 12.8 Å². The first-order valence-corrected chi connectivity index (χ1v) is 14.3. The minimum Gasteiger partial charge on any atom is -0.329 e. The Kier molecular flexibility index (Phi) is 7.11. The lowest BCUT2D eigenvalue weighted by atomic mass is 10.2. The fourth-order valence-corrected chi connectivity index (χ4v) is 5.02. The highest BCUT2D eigenvalue weighted by atomic mass is 35.5. The number of halogens is 2. The second-order valence-electron chi connectivity index (χ2n) is 9.11. The summed E-state index contributed by atoms with van der Waals surface area (Å²) in [5.41, 5.74) is 4.16. The third kappa shape index (κ3) is 6.10. The van der Waals surface area contributed by atoms with Crippen LogP contribution in [0.4, 0.5) is 39.2 Å². The largest absolute Gasteiger partial charge is 0.329 e. The minimum absolute atomic E-state index is 0.0136. The van der Waals surface area contributed by atoms with Crippen LogP contribution in [0.1, 0.15) is 5.56 Å². The summed E-state index contributed by atoms with van der Waals surface area (Å²) in [5, 5.41) is 6.50. The monoisotopic (exact) mass is 565 g/mol. The van der Waals surface area contributed by atoms with Crippen molar-refractivity contribution in [2.45, 2.75) is 5.75 Å². The first-order chi connectivity index (χ1) is 18.6. The molecular weight excluding hydrogens is 541 g/mol. The number of fused-ring (bicyclic) bond motifs is 1. The van der Waals surface area contributed by atoms with E-state index in [-0.39, 0.29) is 11.4 Å². The number of imidazole rings is 1. The highest BCUT2D eigenvalue weighted by Crippen LogP contribution is 2.30. The molecule has 5 rings (SSSR count). The second-order valence-corrected chi connectivity index (χ2v) is 11.7. The predicted molar refractivity (Wildman–Crippen MR) is 154 cm³/mol. The van der Waals surface area contributed by atoms with E-state index >= 15 is 0 Å². The first-order valence-electron chi connectivity index (χ1n) is 11.8. The summed E-state index contributed by atoms with van der Waals surface area (Å²) in [5.74, 6) is 1.05. The number of rotatable bonds is 8. The van der Waals surface area contributed by atoms with Gasteiger partial charge in [-0.15, -0.1) is 0 Å². The Morgan fingerprint density at radius 1 is 1.00 bits per heavy atom. The molecule has 2 N–H and O–H groups in total. The van der Waals surface area contributed by atoms with E-state index in [1.807, 2.05) is 41.8 Å². The molecule has 0 saturated heterocycles. The number of aromatic nitrogens is 4. The Bertz CT molecular complexity index is 1780. The third-order valence-electron chi connectivity index (χ3n) is 6.05. The number of aryl methyl sites for hydroxylation is 1. The molecule has 39 heavy (non-hydrogen) atoms. The molecule has 2 aromatic heterocycles. The normalized spacial score (nSPS) is 11.5. The zero-order valence-corrected chi connectivity index (χ0v) is 22.9. The van der Waals surface area contributed by atoms with Crippen LogP contribution >= 0.6 is 11.6 Å². The smallest absolute Gasteiger partial charge is 0.229 e. The zero-order chi connectivity index (χ0) is 27.7. The van der Waals surface area contributed by atoms with Gasteiger partial charge in [0.1, 0.15) is 11.6 Å². The molecule has 0 amide bonds. The van der Waals surface area contributed by atoms with E-state index in [4.69, 9.17) is 11.6 Å². The molecule has 200 valence electrons. The number of benzene rings is 3. The number of nitrogens with zero attached hydrogens (tertiary/aromatic N) is 5. The average Bonchev–Trinajstić information content (AvgIpc) is 3.20. The Morgan fingerprint density at radius 2 is 1.77 bits per heavy atom. The van der Waals surface area contributed by atoms with Crippen molar-refractivity contribution in [2.75, 3.05) is 28.8 Å². The maximum Gasteiger partial charge on any atom is 0.229 e. The Labute approximate surface area is 230 Å². The molecule has 0 atom stereocenters. The van der Waals surface area contributed by atoms with Gasteiger partial charge in [0.05, 0.1) is 22.5 Å². The Hall–Kier alpha value is -4.22. The fraction of sp³-hybridized carbons (Fsp3) is 0.148. The number of hydrogen-bond acceptors (Lipinski definition) is 8. The fourth-order valence-electron chi connectivity index (χ4n) is 4.06. The van der Waals surface area contributed by atoms with Gasteiger partial charge in [0.15, 0.2) is 9.84 Å². The second kappa shape index (κ2) is 10.5. The lowest BCUT2D eigenvalue weighted by molar-refractivity contribution is 0.601. The highest BCUT2D eigenvalue weighted by molar-refractivity contribution is 7.89. The van der Waals surface area contributed by atoms with Crippen LogP contribution < -0.4 is 15.5 Å². The first kappa shape index (κ1) is 26.4. The Balaban J connectivity index is 1.35. The van der Waals surface area contributed by atoms with E-state index in [0.717, 1.165) is 22.4 Å². The standard InChI is InChI=1S/C27H25ClFN7O2S/c1-35(25-12-13-30-26(34-25)31-19-7-4-17(5-8-19)16-39(3,37)38)20-9-11-24-23(15-20)33-27(36(24)2)32-22-10-6-18(28)14-21(22)29/h4-15H,16H2,1-3H3,(H,32,33)(H,30,31,34). The molecule has 2 heterocycles. The van der Waals surface area contributed by atoms with E-state index < -0.39 is 15.7 Å². The molecule has 9 nitrogen and oxygen atoms in total. The quantitative estimate of drug-likeness (QED) is 0.238. The van der Waals surface area contributed by atoms with Gasteiger partial charge in [-0.25, -0.2) is 22.8 Å². The van der Waals surface area contributed by atoms with Gasteiger partial charge < -0.3 is 20.1 Å². The van der Waals surface area contributed by atoms with Crippen LogP contribution in [0.2, 0.25) is 5.02 Å². The number of hydrogen-bond donors (Lipinski definition) is 2. The van der Waals surface area contributed by atoms with Crippen molar-refractivity contribution in [2.24, 2.45) is 7.05 Å². The van der Waals surface area contributed by atoms with Gasteiger partial charge in [-0.3, -0.25) is 0 Å². The molecule has 0 aliphatic heterocycles. The molecule has 0 spiro atoms. The summed E-state index contributed by atoms with van der Waals surface area (Å²) in [7, 11) is 0.637. The van der Waals surface area contributed by atoms with Gasteiger partial charge in [0.2, 0.25) is 11.9 Å². The SMILES string of the molecule is CN(c1ccc2c(c1)nc(Nc1ccc(Cl)cc1F)n2C)c1ccnc(Nc2ccc(CS(C)(=O)=O)cc2)n1. The van der Waals surface area contributed by atoms with Crippen molar-refractivity contribution < 1.29 is 12.8 Å². The predicted octanol–water partition coefficient (Wildman–Crippen LogP) is 5.96. The lowest BCUT2D eigenvalue weighted by Crippen LogP contribution is -2.12. The third-order valence-corrected chi connectivity index (χ3v) is 7.15. The number of sulfone groups is 1. The van der Waals surface area contributed by atoms with Gasteiger partial charge in [0.25, 0.3) is 0 Å². The molecule has 12 heteroatoms. The van der Waals surface area contributed by atoms with Crippen LogP contribution in [0, 0.1) is 5.82 Å². The minimum atomic E-state index is -3.10. The van der Waals surface area contributed by atoms with Gasteiger partial charge in [-0.1, -0.05) is 23.7 Å². The van der Waals surface area contributed by atoms with Crippen molar-refractivity contribution in [3.8, 4) is 0 Å². The molecule has 0 aliphatic carbocycles. The maximum atomic E-state index is 14.3. The average molecular weight is 566 g/mol. The van der Waals surface area contributed by atoms with Gasteiger partial charge in [0, 0.05) is 42.9 Å². The van der Waals surface area contributed by atoms with Crippen molar-refractivity contribution in [3.05, 3.63) is 89.3 Å². The van der Waals surface area contributed by atoms with Gasteiger partial charge in [-0.2, -0.15) is 4.98 Å². The van der Waals surface area contributed by atoms with Gasteiger partial charge >= 0.3 is 0 Å². The molecule has 0 radical (unpaired) electrons. The van der Waals surface area contributed by atoms with E-state index in [1.165, 1.54) is 12.3 Å². The lowest BCUT2D eigenvalue weighted by Gasteiger charge is -2.19. The Morgan fingerprint density at radius 3 is 2.49 bits per heavy atom. The molecule has 3 aromatic carbocycles. The summed E-state index contributed by atoms with van der Waals surface area (Å²) in [4.78, 5) is 15.5. The van der Waals surface area contributed by atoms with Crippen LogP contribution in [-0.2, 0) is 22.6 Å². The van der Waals surface area contributed by atoms with Gasteiger partial charge in [-0.05, 0) is 60.2 Å². The summed E-state index contributed by atoms with van der Waals surface area (Å²) < 4.78 is 39.2.